The van der Waals surface area contributed by atoms with Crippen LogP contribution in [0.2, 0.25) is 0 Å². The molecule has 1 aromatic heterocycles. The van der Waals surface area contributed by atoms with Gasteiger partial charge in [-0.15, -0.1) is 11.3 Å². The maximum absolute atomic E-state index is 13.1. The van der Waals surface area contributed by atoms with Gasteiger partial charge in [0.2, 0.25) is 0 Å². The van der Waals surface area contributed by atoms with Crippen LogP contribution in [0.25, 0.3) is 0 Å². The lowest BCUT2D eigenvalue weighted by molar-refractivity contribution is 0.0784. The number of halogens is 4. The minimum atomic E-state index is -1.58. The first-order chi connectivity index (χ1) is 9.38. The normalized spacial score (nSPS) is 10.7. The third kappa shape index (κ3) is 3.21. The highest BCUT2D eigenvalue weighted by atomic mass is 79.9. The van der Waals surface area contributed by atoms with E-state index < -0.39 is 23.4 Å². The van der Waals surface area contributed by atoms with Crippen molar-refractivity contribution < 1.29 is 18.0 Å². The van der Waals surface area contributed by atoms with Crippen LogP contribution in [0.4, 0.5) is 13.2 Å². The Morgan fingerprint density at radius 3 is 2.35 bits per heavy atom. The molecule has 0 atom stereocenters. The van der Waals surface area contributed by atoms with E-state index in [1.807, 2.05) is 11.4 Å². The van der Waals surface area contributed by atoms with Crippen molar-refractivity contribution in [3.63, 3.8) is 0 Å². The lowest BCUT2D eigenvalue weighted by Gasteiger charge is -2.16. The van der Waals surface area contributed by atoms with Crippen LogP contribution in [-0.4, -0.2) is 17.9 Å². The van der Waals surface area contributed by atoms with E-state index in [0.29, 0.717) is 18.7 Å². The average molecular weight is 364 g/mol. The number of rotatable bonds is 3. The van der Waals surface area contributed by atoms with Gasteiger partial charge < -0.3 is 4.90 Å². The molecule has 7 heteroatoms. The van der Waals surface area contributed by atoms with Gasteiger partial charge in [0.25, 0.3) is 5.91 Å². The van der Waals surface area contributed by atoms with Crippen molar-refractivity contribution in [1.29, 1.82) is 0 Å². The first-order valence-corrected chi connectivity index (χ1v) is 7.18. The maximum Gasteiger partial charge on any atom is 0.254 e. The molecule has 2 rings (SSSR count). The zero-order valence-corrected chi connectivity index (χ0v) is 12.7. The SMILES string of the molecule is CN(Cc1csc(Br)c1)C(=O)c1cc(F)c(F)c(F)c1. The highest BCUT2D eigenvalue weighted by Crippen LogP contribution is 2.22. The summed E-state index contributed by atoms with van der Waals surface area (Å²) in [5, 5.41) is 1.86. The van der Waals surface area contributed by atoms with E-state index in [2.05, 4.69) is 15.9 Å². The molecular weight excluding hydrogens is 355 g/mol. The average Bonchev–Trinajstić information content (AvgIpc) is 2.79. The van der Waals surface area contributed by atoms with Crippen molar-refractivity contribution in [1.82, 2.24) is 4.90 Å². The highest BCUT2D eigenvalue weighted by Gasteiger charge is 2.18. The standard InChI is InChI=1S/C13H9BrF3NOS/c1-18(5-7-2-11(14)20-6-7)13(19)8-3-9(15)12(17)10(16)4-8/h2-4,6H,5H2,1H3. The molecule has 0 bridgehead atoms. The van der Waals surface area contributed by atoms with Gasteiger partial charge >= 0.3 is 0 Å². The Hall–Kier alpha value is -1.34. The predicted octanol–water partition coefficient (Wildman–Crippen LogP) is 4.20. The van der Waals surface area contributed by atoms with Crippen LogP contribution in [0.3, 0.4) is 0 Å². The minimum Gasteiger partial charge on any atom is -0.337 e. The smallest absolute Gasteiger partial charge is 0.254 e. The summed E-state index contributed by atoms with van der Waals surface area (Å²) in [6.45, 7) is 0.293. The summed E-state index contributed by atoms with van der Waals surface area (Å²) in [6, 6.07) is 3.24. The van der Waals surface area contributed by atoms with Gasteiger partial charge in [-0.25, -0.2) is 13.2 Å². The molecule has 1 aromatic carbocycles. The van der Waals surface area contributed by atoms with Gasteiger partial charge in [0.15, 0.2) is 17.5 Å². The van der Waals surface area contributed by atoms with Crippen LogP contribution in [0, 0.1) is 17.5 Å². The van der Waals surface area contributed by atoms with Crippen molar-refractivity contribution in [2.24, 2.45) is 0 Å². The first kappa shape index (κ1) is 15.1. The number of benzene rings is 1. The zero-order chi connectivity index (χ0) is 14.9. The number of carbonyl (C=O) groups is 1. The van der Waals surface area contributed by atoms with Crippen LogP contribution in [-0.2, 0) is 6.54 Å². The van der Waals surface area contributed by atoms with E-state index in [0.717, 1.165) is 9.35 Å². The maximum atomic E-state index is 13.1. The van der Waals surface area contributed by atoms with Crippen LogP contribution in [0.5, 0.6) is 0 Å². The van der Waals surface area contributed by atoms with Crippen molar-refractivity contribution in [3.8, 4) is 0 Å². The number of nitrogens with zero attached hydrogens (tertiary/aromatic N) is 1. The van der Waals surface area contributed by atoms with E-state index in [-0.39, 0.29) is 5.56 Å². The summed E-state index contributed by atoms with van der Waals surface area (Å²) >= 11 is 4.78. The molecule has 20 heavy (non-hydrogen) atoms. The van der Waals surface area contributed by atoms with Gasteiger partial charge in [-0.1, -0.05) is 0 Å². The second kappa shape index (κ2) is 5.97. The summed E-state index contributed by atoms with van der Waals surface area (Å²) in [4.78, 5) is 13.3. The van der Waals surface area contributed by atoms with Gasteiger partial charge in [-0.05, 0) is 45.1 Å². The minimum absolute atomic E-state index is 0.224. The Kier molecular flexibility index (Phi) is 4.49. The van der Waals surface area contributed by atoms with Gasteiger partial charge in [-0.3, -0.25) is 4.79 Å². The van der Waals surface area contributed by atoms with Crippen LogP contribution in [0.1, 0.15) is 15.9 Å². The number of hydrogen-bond acceptors (Lipinski definition) is 2. The molecule has 1 heterocycles. The number of carbonyl (C=O) groups excluding carboxylic acids is 1. The quantitative estimate of drug-likeness (QED) is 0.748. The third-order valence-electron chi connectivity index (χ3n) is 2.62. The summed E-state index contributed by atoms with van der Waals surface area (Å²) in [7, 11) is 1.51. The number of thiophene rings is 1. The van der Waals surface area contributed by atoms with Crippen LogP contribution in [0.15, 0.2) is 27.4 Å². The predicted molar refractivity (Wildman–Crippen MR) is 74.1 cm³/mol. The van der Waals surface area contributed by atoms with Crippen LogP contribution < -0.4 is 0 Å². The van der Waals surface area contributed by atoms with Gasteiger partial charge in [-0.2, -0.15) is 0 Å². The second-order valence-electron chi connectivity index (χ2n) is 4.17. The fourth-order valence-corrected chi connectivity index (χ4v) is 2.87. The molecule has 2 nitrogen and oxygen atoms in total. The van der Waals surface area contributed by atoms with E-state index >= 15 is 0 Å². The number of amides is 1. The Morgan fingerprint density at radius 2 is 1.85 bits per heavy atom. The van der Waals surface area contributed by atoms with Crippen molar-refractivity contribution >= 4 is 33.2 Å². The fourth-order valence-electron chi connectivity index (χ4n) is 1.67. The molecule has 0 aliphatic heterocycles. The Labute approximate surface area is 126 Å². The molecule has 106 valence electrons. The molecule has 0 aliphatic carbocycles. The first-order valence-electron chi connectivity index (χ1n) is 5.51. The Morgan fingerprint density at radius 1 is 1.25 bits per heavy atom. The molecule has 0 radical (unpaired) electrons. The largest absolute Gasteiger partial charge is 0.337 e. The van der Waals surface area contributed by atoms with Crippen molar-refractivity contribution in [2.45, 2.75) is 6.54 Å². The molecule has 0 unspecified atom stereocenters. The van der Waals surface area contributed by atoms with Gasteiger partial charge in [0.1, 0.15) is 0 Å². The Bertz CT molecular complexity index is 636. The topological polar surface area (TPSA) is 20.3 Å². The lowest BCUT2D eigenvalue weighted by atomic mass is 10.1. The fraction of sp³-hybridized carbons (Fsp3) is 0.154. The highest BCUT2D eigenvalue weighted by molar-refractivity contribution is 9.11. The van der Waals surface area contributed by atoms with E-state index in [1.54, 1.807) is 0 Å². The number of hydrogen-bond donors (Lipinski definition) is 0. The van der Waals surface area contributed by atoms with Crippen molar-refractivity contribution in [2.75, 3.05) is 7.05 Å². The molecule has 2 aromatic rings. The van der Waals surface area contributed by atoms with E-state index in [1.165, 1.54) is 23.3 Å². The molecule has 0 N–H and O–H groups in total. The summed E-state index contributed by atoms with van der Waals surface area (Å²) in [6.07, 6.45) is 0. The lowest BCUT2D eigenvalue weighted by Crippen LogP contribution is -2.26. The molecule has 1 amide bonds. The van der Waals surface area contributed by atoms with Gasteiger partial charge in [0.05, 0.1) is 3.79 Å². The van der Waals surface area contributed by atoms with Crippen molar-refractivity contribution in [3.05, 3.63) is 55.9 Å². The zero-order valence-electron chi connectivity index (χ0n) is 10.3. The Balaban J connectivity index is 2.18. The second-order valence-corrected chi connectivity index (χ2v) is 6.46. The monoisotopic (exact) mass is 363 g/mol. The molecule has 0 saturated carbocycles. The summed E-state index contributed by atoms with van der Waals surface area (Å²) in [5.41, 5.74) is 0.666. The van der Waals surface area contributed by atoms with Gasteiger partial charge in [0, 0.05) is 19.2 Å². The molecule has 0 spiro atoms. The summed E-state index contributed by atoms with van der Waals surface area (Å²) in [5.74, 6) is -4.91. The molecule has 0 aliphatic rings. The van der Waals surface area contributed by atoms with E-state index in [4.69, 9.17) is 0 Å². The van der Waals surface area contributed by atoms with Crippen LogP contribution >= 0.6 is 27.3 Å². The third-order valence-corrected chi connectivity index (χ3v) is 4.17. The molecule has 0 fully saturated rings. The molecular formula is C13H9BrF3NOS. The summed E-state index contributed by atoms with van der Waals surface area (Å²) < 4.78 is 40.0. The van der Waals surface area contributed by atoms with E-state index in [9.17, 15) is 18.0 Å². The molecule has 0 saturated heterocycles.